The third kappa shape index (κ3) is 4.25. The van der Waals surface area contributed by atoms with Gasteiger partial charge in [-0.1, -0.05) is 23.2 Å². The lowest BCUT2D eigenvalue weighted by molar-refractivity contribution is -0.119. The fraction of sp³-hybridized carbons (Fsp3) is 0.222. The maximum absolute atomic E-state index is 13.2. The van der Waals surface area contributed by atoms with E-state index in [1.807, 2.05) is 0 Å². The molecule has 2 aromatic heterocycles. The van der Waals surface area contributed by atoms with Crippen LogP contribution in [0.4, 0.5) is 9.52 Å². The van der Waals surface area contributed by atoms with Crippen LogP contribution in [0.15, 0.2) is 40.6 Å². The molecule has 12 heteroatoms. The number of aromatic nitrogens is 1. The number of carbonyl (C=O) groups is 1. The first-order chi connectivity index (χ1) is 14.3. The van der Waals surface area contributed by atoms with Gasteiger partial charge in [0.25, 0.3) is 0 Å². The molecule has 1 aliphatic heterocycles. The van der Waals surface area contributed by atoms with Crippen LogP contribution in [0.2, 0.25) is 8.67 Å². The Hall–Kier alpha value is -1.56. The van der Waals surface area contributed by atoms with Crippen LogP contribution in [0, 0.1) is 5.82 Å². The normalized spacial score (nSPS) is 17.4. The molecule has 1 aromatic carbocycles. The van der Waals surface area contributed by atoms with Crippen LogP contribution >= 0.6 is 45.9 Å². The van der Waals surface area contributed by atoms with Gasteiger partial charge < -0.3 is 5.32 Å². The molecule has 30 heavy (non-hydrogen) atoms. The van der Waals surface area contributed by atoms with Crippen molar-refractivity contribution in [2.24, 2.45) is 0 Å². The van der Waals surface area contributed by atoms with E-state index in [1.54, 1.807) is 11.4 Å². The number of benzene rings is 1. The van der Waals surface area contributed by atoms with Crippen LogP contribution in [0.25, 0.3) is 11.3 Å². The highest BCUT2D eigenvalue weighted by molar-refractivity contribution is 7.89. The van der Waals surface area contributed by atoms with Crippen molar-refractivity contribution >= 4 is 66.9 Å². The highest BCUT2D eigenvalue weighted by Crippen LogP contribution is 2.39. The highest BCUT2D eigenvalue weighted by Gasteiger charge is 2.39. The monoisotopic (exact) mass is 505 g/mol. The number of carbonyl (C=O) groups excluding carboxylic acids is 1. The van der Waals surface area contributed by atoms with E-state index in [1.165, 1.54) is 34.8 Å². The van der Waals surface area contributed by atoms with Gasteiger partial charge in [0, 0.05) is 17.5 Å². The van der Waals surface area contributed by atoms with Crippen molar-refractivity contribution in [3.63, 3.8) is 0 Å². The molecule has 1 N–H and O–H groups in total. The SMILES string of the molecule is O=C(Nc1nc(-c2cc(Cl)sc2Cl)cs1)C1CCCN1S(=O)(=O)c1ccc(F)cc1. The van der Waals surface area contributed by atoms with Gasteiger partial charge in [-0.3, -0.25) is 4.79 Å². The Morgan fingerprint density at radius 2 is 2.00 bits per heavy atom. The fourth-order valence-corrected chi connectivity index (χ4v) is 7.04. The number of nitrogens with one attached hydrogen (secondary N) is 1. The third-order valence-corrected chi connectivity index (χ3v) is 8.76. The Kier molecular flexibility index (Phi) is 6.16. The Bertz CT molecular complexity index is 1190. The van der Waals surface area contributed by atoms with Crippen LogP contribution in [-0.2, 0) is 14.8 Å². The molecule has 6 nitrogen and oxygen atoms in total. The second-order valence-electron chi connectivity index (χ2n) is 6.49. The second kappa shape index (κ2) is 8.52. The summed E-state index contributed by atoms with van der Waals surface area (Å²) >= 11 is 14.5. The largest absolute Gasteiger partial charge is 0.301 e. The fourth-order valence-electron chi connectivity index (χ4n) is 3.19. The van der Waals surface area contributed by atoms with Crippen molar-refractivity contribution in [2.45, 2.75) is 23.8 Å². The van der Waals surface area contributed by atoms with Gasteiger partial charge in [0.2, 0.25) is 15.9 Å². The smallest absolute Gasteiger partial charge is 0.244 e. The molecule has 1 saturated heterocycles. The van der Waals surface area contributed by atoms with Gasteiger partial charge in [0.15, 0.2) is 5.13 Å². The van der Waals surface area contributed by atoms with E-state index < -0.39 is 27.8 Å². The van der Waals surface area contributed by atoms with Gasteiger partial charge in [0.1, 0.15) is 16.2 Å². The summed E-state index contributed by atoms with van der Waals surface area (Å²) in [4.78, 5) is 17.1. The first-order valence-electron chi connectivity index (χ1n) is 8.75. The van der Waals surface area contributed by atoms with Gasteiger partial charge in [-0.05, 0) is 43.2 Å². The minimum absolute atomic E-state index is 0.0517. The van der Waals surface area contributed by atoms with Gasteiger partial charge in [0.05, 0.1) is 14.9 Å². The molecular weight excluding hydrogens is 492 g/mol. The molecule has 158 valence electrons. The number of halogens is 3. The number of rotatable bonds is 5. The zero-order valence-electron chi connectivity index (χ0n) is 15.1. The molecule has 0 radical (unpaired) electrons. The average molecular weight is 506 g/mol. The van der Waals surface area contributed by atoms with Crippen molar-refractivity contribution in [2.75, 3.05) is 11.9 Å². The highest BCUT2D eigenvalue weighted by atomic mass is 35.5. The maximum atomic E-state index is 13.2. The number of amides is 1. The van der Waals surface area contributed by atoms with Crippen LogP contribution in [0.1, 0.15) is 12.8 Å². The number of thiazole rings is 1. The molecule has 0 spiro atoms. The topological polar surface area (TPSA) is 79.4 Å². The molecular formula is C18H14Cl2FN3O3S3. The molecule has 3 aromatic rings. The molecule has 0 aliphatic carbocycles. The van der Waals surface area contributed by atoms with Gasteiger partial charge in [-0.25, -0.2) is 17.8 Å². The Balaban J connectivity index is 1.52. The lowest BCUT2D eigenvalue weighted by Gasteiger charge is -2.23. The number of sulfonamides is 1. The minimum atomic E-state index is -3.92. The van der Waals surface area contributed by atoms with Gasteiger partial charge >= 0.3 is 0 Å². The molecule has 4 rings (SSSR count). The Labute approximate surface area is 190 Å². The van der Waals surface area contributed by atoms with Crippen molar-refractivity contribution in [1.82, 2.24) is 9.29 Å². The maximum Gasteiger partial charge on any atom is 0.244 e. The predicted molar refractivity (Wildman–Crippen MR) is 117 cm³/mol. The molecule has 3 heterocycles. The standard InChI is InChI=1S/C18H14Cl2FN3O3S3/c19-15-8-12(16(20)29-15)13-9-28-18(22-13)23-17(25)14-2-1-7-24(14)30(26,27)11-5-3-10(21)4-6-11/h3-6,8-9,14H,1-2,7H2,(H,22,23,25). The summed E-state index contributed by atoms with van der Waals surface area (Å²) in [6.07, 6.45) is 0.932. The molecule has 1 atom stereocenters. The second-order valence-corrected chi connectivity index (χ2v) is 11.5. The zero-order chi connectivity index (χ0) is 21.5. The van der Waals surface area contributed by atoms with E-state index >= 15 is 0 Å². The lowest BCUT2D eigenvalue weighted by atomic mass is 10.2. The van der Waals surface area contributed by atoms with E-state index in [4.69, 9.17) is 23.2 Å². The predicted octanol–water partition coefficient (Wildman–Crippen LogP) is 5.11. The van der Waals surface area contributed by atoms with Crippen molar-refractivity contribution in [3.05, 3.63) is 50.2 Å². The van der Waals surface area contributed by atoms with Gasteiger partial charge in [-0.15, -0.1) is 22.7 Å². The first-order valence-corrected chi connectivity index (χ1v) is 12.6. The summed E-state index contributed by atoms with van der Waals surface area (Å²) in [5, 5.41) is 4.76. The Morgan fingerprint density at radius 3 is 2.67 bits per heavy atom. The van der Waals surface area contributed by atoms with Crippen LogP contribution in [0.3, 0.4) is 0 Å². The molecule has 0 saturated carbocycles. The summed E-state index contributed by atoms with van der Waals surface area (Å²) in [6.45, 7) is 0.212. The number of thiophene rings is 1. The van der Waals surface area contributed by atoms with E-state index in [9.17, 15) is 17.6 Å². The molecule has 1 amide bonds. The number of nitrogens with zero attached hydrogens (tertiary/aromatic N) is 2. The first kappa shape index (κ1) is 21.7. The summed E-state index contributed by atoms with van der Waals surface area (Å²) in [5.74, 6) is -0.996. The van der Waals surface area contributed by atoms with Crippen LogP contribution < -0.4 is 5.32 Å². The molecule has 1 fully saturated rings. The lowest BCUT2D eigenvalue weighted by Crippen LogP contribution is -2.43. The van der Waals surface area contributed by atoms with Crippen LogP contribution in [-0.4, -0.2) is 36.2 Å². The van der Waals surface area contributed by atoms with E-state index in [0.29, 0.717) is 37.9 Å². The summed E-state index contributed by atoms with van der Waals surface area (Å²) < 4.78 is 41.2. The zero-order valence-corrected chi connectivity index (χ0v) is 19.1. The molecule has 1 aliphatic rings. The van der Waals surface area contributed by atoms with Crippen molar-refractivity contribution < 1.29 is 17.6 Å². The number of hydrogen-bond acceptors (Lipinski definition) is 6. The average Bonchev–Trinajstić information content (AvgIpc) is 3.42. The van der Waals surface area contributed by atoms with Crippen molar-refractivity contribution in [3.8, 4) is 11.3 Å². The minimum Gasteiger partial charge on any atom is -0.301 e. The van der Waals surface area contributed by atoms with E-state index in [2.05, 4.69) is 10.3 Å². The summed E-state index contributed by atoms with van der Waals surface area (Å²) in [6, 6.07) is 5.38. The van der Waals surface area contributed by atoms with Gasteiger partial charge in [-0.2, -0.15) is 4.31 Å². The van der Waals surface area contributed by atoms with Crippen molar-refractivity contribution in [1.29, 1.82) is 0 Å². The quantitative estimate of drug-likeness (QED) is 0.522. The van der Waals surface area contributed by atoms with E-state index in [0.717, 1.165) is 16.4 Å². The summed E-state index contributed by atoms with van der Waals surface area (Å²) in [5.41, 5.74) is 1.25. The molecule has 0 bridgehead atoms. The number of anilines is 1. The number of hydrogen-bond donors (Lipinski definition) is 1. The third-order valence-electron chi connectivity index (χ3n) is 4.59. The molecule has 1 unspecified atom stereocenters. The Morgan fingerprint density at radius 1 is 1.27 bits per heavy atom. The van der Waals surface area contributed by atoms with E-state index in [-0.39, 0.29) is 11.4 Å². The summed E-state index contributed by atoms with van der Waals surface area (Å²) in [7, 11) is -3.92. The van der Waals surface area contributed by atoms with Crippen LogP contribution in [0.5, 0.6) is 0 Å².